The highest BCUT2D eigenvalue weighted by molar-refractivity contribution is 5.49. The van der Waals surface area contributed by atoms with Crippen LogP contribution in [0.4, 0.5) is 0 Å². The van der Waals surface area contributed by atoms with Crippen LogP contribution in [0.15, 0.2) is 12.1 Å². The van der Waals surface area contributed by atoms with Crippen LogP contribution in [0, 0.1) is 12.3 Å². The summed E-state index contributed by atoms with van der Waals surface area (Å²) in [5, 5.41) is 0. The smallest absolute Gasteiger partial charge is 0.161 e. The fourth-order valence-corrected chi connectivity index (χ4v) is 2.53. The molecule has 0 aromatic heterocycles. The van der Waals surface area contributed by atoms with Crippen LogP contribution in [0.1, 0.15) is 24.1 Å². The Morgan fingerprint density at radius 2 is 2.00 bits per heavy atom. The topological polar surface area (TPSA) is 21.7 Å². The zero-order valence-electron chi connectivity index (χ0n) is 11.2. The van der Waals surface area contributed by atoms with Crippen molar-refractivity contribution in [1.82, 2.24) is 4.90 Å². The van der Waals surface area contributed by atoms with E-state index in [1.807, 2.05) is 0 Å². The van der Waals surface area contributed by atoms with Crippen LogP contribution in [-0.4, -0.2) is 32.2 Å². The molecule has 0 bridgehead atoms. The molecule has 0 aliphatic carbocycles. The van der Waals surface area contributed by atoms with Crippen LogP contribution in [0.25, 0.3) is 0 Å². The van der Waals surface area contributed by atoms with E-state index in [4.69, 9.17) is 15.9 Å². The number of methoxy groups -OCH3 is 2. The second-order valence-electron chi connectivity index (χ2n) is 4.51. The molecule has 0 saturated carbocycles. The van der Waals surface area contributed by atoms with Gasteiger partial charge in [0.2, 0.25) is 0 Å². The average molecular weight is 245 g/mol. The molecule has 1 aromatic rings. The molecule has 18 heavy (non-hydrogen) atoms. The van der Waals surface area contributed by atoms with Crippen LogP contribution in [-0.2, 0) is 6.42 Å². The normalized spacial score (nSPS) is 18.9. The minimum Gasteiger partial charge on any atom is -0.493 e. The van der Waals surface area contributed by atoms with Gasteiger partial charge in [-0.05, 0) is 36.6 Å². The number of benzene rings is 1. The Hall–Kier alpha value is -1.66. The third-order valence-corrected chi connectivity index (χ3v) is 3.61. The van der Waals surface area contributed by atoms with Crippen molar-refractivity contribution >= 4 is 0 Å². The molecule has 0 fully saturated rings. The number of terminal acetylenes is 1. The molecule has 1 heterocycles. The Labute approximate surface area is 109 Å². The van der Waals surface area contributed by atoms with Gasteiger partial charge in [-0.2, -0.15) is 0 Å². The number of ether oxygens (including phenoxy) is 2. The summed E-state index contributed by atoms with van der Waals surface area (Å²) in [7, 11) is 3.33. The fraction of sp³-hybridized carbons (Fsp3) is 0.467. The van der Waals surface area contributed by atoms with E-state index in [1.165, 1.54) is 11.1 Å². The van der Waals surface area contributed by atoms with E-state index in [0.717, 1.165) is 24.5 Å². The maximum atomic E-state index is 5.41. The second kappa shape index (κ2) is 5.32. The zero-order valence-corrected chi connectivity index (χ0v) is 11.2. The lowest BCUT2D eigenvalue weighted by molar-refractivity contribution is 0.223. The van der Waals surface area contributed by atoms with Crippen molar-refractivity contribution in [2.24, 2.45) is 0 Å². The summed E-state index contributed by atoms with van der Waals surface area (Å²) in [6, 6.07) is 4.48. The number of nitrogens with zero attached hydrogens (tertiary/aromatic N) is 1. The Balaban J connectivity index is 2.39. The van der Waals surface area contributed by atoms with Crippen LogP contribution < -0.4 is 9.47 Å². The van der Waals surface area contributed by atoms with Crippen molar-refractivity contribution in [2.75, 3.05) is 27.3 Å². The monoisotopic (exact) mass is 245 g/mol. The molecule has 1 atom stereocenters. The number of fused-ring (bicyclic) bond motifs is 1. The molecule has 0 N–H and O–H groups in total. The van der Waals surface area contributed by atoms with Gasteiger partial charge >= 0.3 is 0 Å². The minimum atomic E-state index is 0.324. The van der Waals surface area contributed by atoms with E-state index in [-0.39, 0.29) is 0 Å². The summed E-state index contributed by atoms with van der Waals surface area (Å²) in [5.41, 5.74) is 2.61. The number of rotatable bonds is 3. The largest absolute Gasteiger partial charge is 0.493 e. The molecule has 0 amide bonds. The van der Waals surface area contributed by atoms with Gasteiger partial charge in [0.25, 0.3) is 0 Å². The van der Waals surface area contributed by atoms with Crippen LogP contribution >= 0.6 is 0 Å². The Morgan fingerprint density at radius 1 is 1.33 bits per heavy atom. The summed E-state index contributed by atoms with van der Waals surface area (Å²) in [6.07, 6.45) is 6.41. The van der Waals surface area contributed by atoms with Crippen molar-refractivity contribution in [1.29, 1.82) is 0 Å². The second-order valence-corrected chi connectivity index (χ2v) is 4.51. The summed E-state index contributed by atoms with van der Waals surface area (Å²) in [5.74, 6) is 4.30. The zero-order chi connectivity index (χ0) is 13.1. The van der Waals surface area contributed by atoms with Gasteiger partial charge < -0.3 is 9.47 Å². The number of hydrogen-bond donors (Lipinski definition) is 0. The van der Waals surface area contributed by atoms with Crippen molar-refractivity contribution in [3.63, 3.8) is 0 Å². The molecule has 0 saturated heterocycles. The third-order valence-electron chi connectivity index (χ3n) is 3.61. The summed E-state index contributed by atoms with van der Waals surface area (Å²) in [4.78, 5) is 2.30. The van der Waals surface area contributed by atoms with E-state index in [2.05, 4.69) is 29.9 Å². The van der Waals surface area contributed by atoms with Crippen LogP contribution in [0.2, 0.25) is 0 Å². The first-order valence-electron chi connectivity index (χ1n) is 6.13. The maximum absolute atomic E-state index is 5.41. The van der Waals surface area contributed by atoms with E-state index >= 15 is 0 Å². The molecular formula is C15H19NO2. The first kappa shape index (κ1) is 12.8. The standard InChI is InChI=1S/C15H19NO2/c1-5-7-16-8-6-12-9-14(17-3)15(18-4)10-13(12)11(16)2/h1,9-11H,6-8H2,2-4H3. The first-order chi connectivity index (χ1) is 8.71. The third kappa shape index (κ3) is 2.16. The molecule has 1 aliphatic rings. The van der Waals surface area contributed by atoms with Gasteiger partial charge in [0.15, 0.2) is 11.5 Å². The molecule has 3 nitrogen and oxygen atoms in total. The van der Waals surface area contributed by atoms with Crippen molar-refractivity contribution < 1.29 is 9.47 Å². The fourth-order valence-electron chi connectivity index (χ4n) is 2.53. The van der Waals surface area contributed by atoms with E-state index in [0.29, 0.717) is 12.6 Å². The lowest BCUT2D eigenvalue weighted by Gasteiger charge is -2.34. The van der Waals surface area contributed by atoms with Gasteiger partial charge in [0.05, 0.1) is 20.8 Å². The summed E-state index contributed by atoms with van der Waals surface area (Å²) >= 11 is 0. The highest BCUT2D eigenvalue weighted by Gasteiger charge is 2.25. The Morgan fingerprint density at radius 3 is 2.61 bits per heavy atom. The SMILES string of the molecule is C#CCN1CCc2cc(OC)c(OC)cc2C1C. The lowest BCUT2D eigenvalue weighted by Crippen LogP contribution is -2.34. The molecule has 3 heteroatoms. The molecule has 96 valence electrons. The van der Waals surface area contributed by atoms with Crippen molar-refractivity contribution in [2.45, 2.75) is 19.4 Å². The first-order valence-corrected chi connectivity index (χ1v) is 6.13. The molecule has 1 aliphatic heterocycles. The maximum Gasteiger partial charge on any atom is 0.161 e. The van der Waals surface area contributed by atoms with Crippen LogP contribution in [0.3, 0.4) is 0 Å². The van der Waals surface area contributed by atoms with Crippen LogP contribution in [0.5, 0.6) is 11.5 Å². The molecule has 1 aromatic carbocycles. The van der Waals surface area contributed by atoms with Gasteiger partial charge in [-0.25, -0.2) is 0 Å². The average Bonchev–Trinajstić information content (AvgIpc) is 2.41. The predicted octanol–water partition coefficient (Wildman–Crippen LogP) is 2.26. The Bertz CT molecular complexity index is 476. The predicted molar refractivity (Wildman–Crippen MR) is 72.1 cm³/mol. The van der Waals surface area contributed by atoms with Gasteiger partial charge in [-0.3, -0.25) is 4.90 Å². The van der Waals surface area contributed by atoms with Gasteiger partial charge in [0, 0.05) is 12.6 Å². The highest BCUT2D eigenvalue weighted by Crippen LogP contribution is 2.37. The molecule has 1 unspecified atom stereocenters. The van der Waals surface area contributed by atoms with Crippen molar-refractivity contribution in [3.8, 4) is 23.8 Å². The quantitative estimate of drug-likeness (QED) is 0.762. The van der Waals surface area contributed by atoms with Crippen molar-refractivity contribution in [3.05, 3.63) is 23.3 Å². The minimum absolute atomic E-state index is 0.324. The number of hydrogen-bond acceptors (Lipinski definition) is 3. The van der Waals surface area contributed by atoms with E-state index < -0.39 is 0 Å². The summed E-state index contributed by atoms with van der Waals surface area (Å²) < 4.78 is 10.7. The molecule has 0 spiro atoms. The van der Waals surface area contributed by atoms with E-state index in [9.17, 15) is 0 Å². The molecule has 2 rings (SSSR count). The summed E-state index contributed by atoms with van der Waals surface area (Å²) in [6.45, 7) is 3.87. The van der Waals surface area contributed by atoms with Gasteiger partial charge in [-0.15, -0.1) is 6.42 Å². The lowest BCUT2D eigenvalue weighted by atomic mass is 9.93. The van der Waals surface area contributed by atoms with Gasteiger partial charge in [0.1, 0.15) is 0 Å². The van der Waals surface area contributed by atoms with Gasteiger partial charge in [-0.1, -0.05) is 5.92 Å². The highest BCUT2D eigenvalue weighted by atomic mass is 16.5. The Kier molecular flexibility index (Phi) is 3.78. The molecular weight excluding hydrogens is 226 g/mol. The van der Waals surface area contributed by atoms with E-state index in [1.54, 1.807) is 14.2 Å². The molecule has 0 radical (unpaired) electrons.